The SMILES string of the molecule is NC(=O)c1ccccc1NC(=O)c1cccc2c1OCCN2c1ncccc1Cl. The van der Waals surface area contributed by atoms with Crippen LogP contribution in [-0.4, -0.2) is 29.9 Å². The van der Waals surface area contributed by atoms with Crippen molar-refractivity contribution in [2.24, 2.45) is 5.73 Å². The number of halogens is 1. The number of benzene rings is 2. The molecule has 3 aromatic rings. The zero-order valence-electron chi connectivity index (χ0n) is 15.3. The molecule has 0 spiro atoms. The summed E-state index contributed by atoms with van der Waals surface area (Å²) in [6.45, 7) is 0.904. The number of nitrogens with zero attached hydrogens (tertiary/aromatic N) is 2. The van der Waals surface area contributed by atoms with Crippen LogP contribution in [0, 0.1) is 0 Å². The number of ether oxygens (including phenoxy) is 1. The molecule has 2 heterocycles. The molecule has 3 N–H and O–H groups in total. The minimum absolute atomic E-state index is 0.230. The molecule has 0 saturated carbocycles. The van der Waals surface area contributed by atoms with E-state index in [1.54, 1.807) is 54.7 Å². The highest BCUT2D eigenvalue weighted by atomic mass is 35.5. The number of hydrogen-bond acceptors (Lipinski definition) is 5. The molecular formula is C21H17ClN4O3. The fourth-order valence-corrected chi connectivity index (χ4v) is 3.44. The zero-order chi connectivity index (χ0) is 20.4. The van der Waals surface area contributed by atoms with Gasteiger partial charge < -0.3 is 20.7 Å². The maximum atomic E-state index is 13.0. The van der Waals surface area contributed by atoms with Gasteiger partial charge in [-0.05, 0) is 36.4 Å². The van der Waals surface area contributed by atoms with Gasteiger partial charge in [-0.25, -0.2) is 4.98 Å². The number of carbonyl (C=O) groups excluding carboxylic acids is 2. The number of primary amides is 1. The lowest BCUT2D eigenvalue weighted by atomic mass is 10.1. The third kappa shape index (κ3) is 3.60. The van der Waals surface area contributed by atoms with Gasteiger partial charge in [0.2, 0.25) is 0 Å². The molecule has 0 radical (unpaired) electrons. The summed E-state index contributed by atoms with van der Waals surface area (Å²) in [5, 5.41) is 3.25. The molecule has 0 unspecified atom stereocenters. The number of amides is 2. The van der Waals surface area contributed by atoms with Crippen LogP contribution in [0.3, 0.4) is 0 Å². The van der Waals surface area contributed by atoms with Crippen molar-refractivity contribution in [2.75, 3.05) is 23.4 Å². The number of para-hydroxylation sites is 2. The average molecular weight is 409 g/mol. The van der Waals surface area contributed by atoms with Gasteiger partial charge in [-0.15, -0.1) is 0 Å². The predicted molar refractivity (Wildman–Crippen MR) is 111 cm³/mol. The summed E-state index contributed by atoms with van der Waals surface area (Å²) in [6, 6.07) is 15.3. The lowest BCUT2D eigenvalue weighted by molar-refractivity contribution is 0.100. The number of nitrogens with one attached hydrogen (secondary N) is 1. The quantitative estimate of drug-likeness (QED) is 0.687. The van der Waals surface area contributed by atoms with Gasteiger partial charge in [-0.1, -0.05) is 29.8 Å². The number of aromatic nitrogens is 1. The lowest BCUT2D eigenvalue weighted by Crippen LogP contribution is -2.31. The minimum Gasteiger partial charge on any atom is -0.489 e. The summed E-state index contributed by atoms with van der Waals surface area (Å²) in [7, 11) is 0. The Labute approximate surface area is 172 Å². The summed E-state index contributed by atoms with van der Waals surface area (Å²) >= 11 is 6.31. The number of hydrogen-bond donors (Lipinski definition) is 2. The molecule has 1 aliphatic heterocycles. The van der Waals surface area contributed by atoms with Gasteiger partial charge in [0.15, 0.2) is 11.6 Å². The molecule has 0 fully saturated rings. The van der Waals surface area contributed by atoms with Gasteiger partial charge in [0.1, 0.15) is 6.61 Å². The van der Waals surface area contributed by atoms with E-state index in [1.807, 2.05) is 11.0 Å². The summed E-state index contributed by atoms with van der Waals surface area (Å²) in [6.07, 6.45) is 1.66. The molecule has 0 atom stereocenters. The van der Waals surface area contributed by atoms with E-state index >= 15 is 0 Å². The van der Waals surface area contributed by atoms with Crippen molar-refractivity contribution in [3.63, 3.8) is 0 Å². The summed E-state index contributed by atoms with van der Waals surface area (Å²) in [4.78, 5) is 30.9. The highest BCUT2D eigenvalue weighted by Crippen LogP contribution is 2.40. The van der Waals surface area contributed by atoms with Crippen molar-refractivity contribution >= 4 is 40.6 Å². The van der Waals surface area contributed by atoms with Crippen LogP contribution in [0.15, 0.2) is 60.8 Å². The minimum atomic E-state index is -0.622. The van der Waals surface area contributed by atoms with Crippen molar-refractivity contribution in [1.29, 1.82) is 0 Å². The maximum Gasteiger partial charge on any atom is 0.259 e. The van der Waals surface area contributed by atoms with Crippen LogP contribution in [0.25, 0.3) is 0 Å². The van der Waals surface area contributed by atoms with Crippen LogP contribution in [0.1, 0.15) is 20.7 Å². The van der Waals surface area contributed by atoms with E-state index in [4.69, 9.17) is 22.1 Å². The van der Waals surface area contributed by atoms with E-state index in [1.165, 1.54) is 0 Å². The number of fused-ring (bicyclic) bond motifs is 1. The van der Waals surface area contributed by atoms with Crippen molar-refractivity contribution < 1.29 is 14.3 Å². The van der Waals surface area contributed by atoms with Crippen molar-refractivity contribution in [2.45, 2.75) is 0 Å². The zero-order valence-corrected chi connectivity index (χ0v) is 16.0. The summed E-state index contributed by atoms with van der Waals surface area (Å²) in [5.74, 6) is -0.0161. The number of rotatable bonds is 4. The highest BCUT2D eigenvalue weighted by Gasteiger charge is 2.27. The molecule has 0 aliphatic carbocycles. The molecule has 1 aliphatic rings. The molecule has 4 rings (SSSR count). The van der Waals surface area contributed by atoms with Crippen LogP contribution in [0.4, 0.5) is 17.2 Å². The summed E-state index contributed by atoms with van der Waals surface area (Å²) in [5.41, 5.74) is 6.98. The van der Waals surface area contributed by atoms with Crippen molar-refractivity contribution in [3.8, 4) is 5.75 Å². The fraction of sp³-hybridized carbons (Fsp3) is 0.0952. The van der Waals surface area contributed by atoms with Gasteiger partial charge in [-0.2, -0.15) is 0 Å². The lowest BCUT2D eigenvalue weighted by Gasteiger charge is -2.31. The Hall–Kier alpha value is -3.58. The molecule has 1 aromatic heterocycles. The second kappa shape index (κ2) is 7.81. The Kier molecular flexibility index (Phi) is 5.05. The third-order valence-electron chi connectivity index (χ3n) is 4.53. The topological polar surface area (TPSA) is 97.5 Å². The van der Waals surface area contributed by atoms with E-state index in [9.17, 15) is 9.59 Å². The van der Waals surface area contributed by atoms with Crippen LogP contribution < -0.4 is 20.7 Å². The van der Waals surface area contributed by atoms with Crippen LogP contribution in [-0.2, 0) is 0 Å². The van der Waals surface area contributed by atoms with Crippen LogP contribution >= 0.6 is 11.6 Å². The molecule has 0 bridgehead atoms. The number of anilines is 3. The van der Waals surface area contributed by atoms with E-state index in [2.05, 4.69) is 10.3 Å². The number of nitrogens with two attached hydrogens (primary N) is 1. The van der Waals surface area contributed by atoms with Gasteiger partial charge in [0.05, 0.1) is 34.1 Å². The van der Waals surface area contributed by atoms with E-state index in [-0.39, 0.29) is 5.56 Å². The van der Waals surface area contributed by atoms with Gasteiger partial charge in [0, 0.05) is 6.20 Å². The molecule has 146 valence electrons. The highest BCUT2D eigenvalue weighted by molar-refractivity contribution is 6.33. The normalized spacial score (nSPS) is 12.7. The fourth-order valence-electron chi connectivity index (χ4n) is 3.22. The molecule has 29 heavy (non-hydrogen) atoms. The standard InChI is InChI=1S/C21H17ClN4O3/c22-15-7-4-10-24-20(15)26-11-12-29-18-14(6-3-9-17(18)26)21(28)25-16-8-2-1-5-13(16)19(23)27/h1-10H,11-12H2,(H2,23,27)(H,25,28). The Balaban J connectivity index is 1.71. The van der Waals surface area contributed by atoms with Crippen molar-refractivity contribution in [1.82, 2.24) is 4.98 Å². The van der Waals surface area contributed by atoms with Crippen LogP contribution in [0.2, 0.25) is 5.02 Å². The third-order valence-corrected chi connectivity index (χ3v) is 4.82. The first-order valence-electron chi connectivity index (χ1n) is 8.90. The molecule has 2 amide bonds. The van der Waals surface area contributed by atoms with Crippen molar-refractivity contribution in [3.05, 3.63) is 76.9 Å². The van der Waals surface area contributed by atoms with Crippen LogP contribution in [0.5, 0.6) is 5.75 Å². The van der Waals surface area contributed by atoms with Gasteiger partial charge >= 0.3 is 0 Å². The van der Waals surface area contributed by atoms with E-state index in [0.29, 0.717) is 46.7 Å². The molecule has 7 nitrogen and oxygen atoms in total. The predicted octanol–water partition coefficient (Wildman–Crippen LogP) is 3.62. The maximum absolute atomic E-state index is 13.0. The van der Waals surface area contributed by atoms with E-state index < -0.39 is 11.8 Å². The molecule has 0 saturated heterocycles. The van der Waals surface area contributed by atoms with E-state index in [0.717, 1.165) is 0 Å². The monoisotopic (exact) mass is 408 g/mol. The largest absolute Gasteiger partial charge is 0.489 e. The first kappa shape index (κ1) is 18.8. The molecule has 2 aromatic carbocycles. The summed E-state index contributed by atoms with van der Waals surface area (Å²) < 4.78 is 5.82. The Morgan fingerprint density at radius 2 is 1.86 bits per heavy atom. The second-order valence-corrected chi connectivity index (χ2v) is 6.73. The smallest absolute Gasteiger partial charge is 0.259 e. The number of pyridine rings is 1. The van der Waals surface area contributed by atoms with Gasteiger partial charge in [0.25, 0.3) is 11.8 Å². The Morgan fingerprint density at radius 3 is 2.66 bits per heavy atom. The molecular weight excluding hydrogens is 392 g/mol. The second-order valence-electron chi connectivity index (χ2n) is 6.33. The average Bonchev–Trinajstić information content (AvgIpc) is 2.73. The Morgan fingerprint density at radius 1 is 1.07 bits per heavy atom. The van der Waals surface area contributed by atoms with Gasteiger partial charge in [-0.3, -0.25) is 9.59 Å². The first-order chi connectivity index (χ1) is 14.1. The first-order valence-corrected chi connectivity index (χ1v) is 9.28. The molecule has 8 heteroatoms. The number of carbonyl (C=O) groups is 2. The Bertz CT molecular complexity index is 1100.